The van der Waals surface area contributed by atoms with Crippen LogP contribution >= 0.6 is 0 Å². The van der Waals surface area contributed by atoms with Crippen LogP contribution in [0.1, 0.15) is 38.6 Å². The summed E-state index contributed by atoms with van der Waals surface area (Å²) < 4.78 is 24.7. The summed E-state index contributed by atoms with van der Waals surface area (Å²) >= 11 is 0. The fourth-order valence-electron chi connectivity index (χ4n) is 2.64. The number of primary sulfonamides is 1. The molecule has 0 aliphatic heterocycles. The van der Waals surface area contributed by atoms with Gasteiger partial charge < -0.3 is 15.2 Å². The van der Waals surface area contributed by atoms with Gasteiger partial charge >= 0.3 is 0 Å². The van der Waals surface area contributed by atoms with Crippen LogP contribution in [0.5, 0.6) is 0 Å². The Bertz CT molecular complexity index is 890. The van der Waals surface area contributed by atoms with Crippen LogP contribution in [0.3, 0.4) is 0 Å². The van der Waals surface area contributed by atoms with Crippen molar-refractivity contribution in [3.05, 3.63) is 42.0 Å². The number of nitrogens with one attached hydrogen (secondary N) is 2. The van der Waals surface area contributed by atoms with E-state index in [1.807, 2.05) is 4.57 Å². The van der Waals surface area contributed by atoms with Crippen LogP contribution in [0, 0.1) is 5.92 Å². The predicted octanol–water partition coefficient (Wildman–Crippen LogP) is 1.27. The van der Waals surface area contributed by atoms with E-state index in [0.29, 0.717) is 25.0 Å². The van der Waals surface area contributed by atoms with Crippen LogP contribution in [0.15, 0.2) is 40.5 Å². The van der Waals surface area contributed by atoms with Gasteiger partial charge in [-0.1, -0.05) is 32.9 Å². The molecule has 0 amide bonds. The average molecular weight is 422 g/mol. The van der Waals surface area contributed by atoms with Gasteiger partial charge in [0.1, 0.15) is 12.2 Å². The Morgan fingerprint density at radius 3 is 2.52 bits per heavy atom. The van der Waals surface area contributed by atoms with Gasteiger partial charge in [0, 0.05) is 26.1 Å². The summed E-state index contributed by atoms with van der Waals surface area (Å²) in [6, 6.07) is 6.44. The molecule has 0 spiro atoms. The van der Waals surface area contributed by atoms with Crippen LogP contribution < -0.4 is 15.8 Å². The number of hydrogen-bond donors (Lipinski definition) is 3. The summed E-state index contributed by atoms with van der Waals surface area (Å²) in [7, 11) is -3.68. The van der Waals surface area contributed by atoms with E-state index in [9.17, 15) is 8.42 Å². The highest BCUT2D eigenvalue weighted by Crippen LogP contribution is 2.09. The summed E-state index contributed by atoms with van der Waals surface area (Å²) in [5, 5.41) is 19.9. The van der Waals surface area contributed by atoms with E-state index in [0.717, 1.165) is 37.3 Å². The second-order valence-corrected chi connectivity index (χ2v) is 8.75. The number of aliphatic imine (C=N–C) groups is 1. The third kappa shape index (κ3) is 7.82. The van der Waals surface area contributed by atoms with Crippen molar-refractivity contribution in [3.8, 4) is 0 Å². The van der Waals surface area contributed by atoms with Crippen molar-refractivity contribution in [1.29, 1.82) is 0 Å². The normalized spacial score (nSPS) is 12.4. The Morgan fingerprint density at radius 1 is 1.21 bits per heavy atom. The van der Waals surface area contributed by atoms with Crippen molar-refractivity contribution in [2.75, 3.05) is 13.1 Å². The monoisotopic (exact) mass is 421 g/mol. The first-order valence-corrected chi connectivity index (χ1v) is 11.3. The lowest BCUT2D eigenvalue weighted by Gasteiger charge is -2.14. The zero-order chi connectivity index (χ0) is 21.3. The first kappa shape index (κ1) is 22.8. The number of rotatable bonds is 10. The largest absolute Gasteiger partial charge is 0.356 e. The van der Waals surface area contributed by atoms with Gasteiger partial charge in [-0.15, -0.1) is 10.2 Å². The van der Waals surface area contributed by atoms with Crippen molar-refractivity contribution in [3.63, 3.8) is 0 Å². The Balaban J connectivity index is 1.98. The molecule has 29 heavy (non-hydrogen) atoms. The highest BCUT2D eigenvalue weighted by molar-refractivity contribution is 7.89. The summed E-state index contributed by atoms with van der Waals surface area (Å²) in [4.78, 5) is 4.71. The molecule has 0 saturated heterocycles. The molecule has 2 rings (SSSR count). The Morgan fingerprint density at radius 2 is 1.90 bits per heavy atom. The zero-order valence-corrected chi connectivity index (χ0v) is 18.1. The van der Waals surface area contributed by atoms with Crippen LogP contribution in [-0.2, 0) is 29.5 Å². The molecule has 10 heteroatoms. The topological polar surface area (TPSA) is 127 Å². The summed E-state index contributed by atoms with van der Waals surface area (Å²) in [5.74, 6) is 2.26. The van der Waals surface area contributed by atoms with E-state index >= 15 is 0 Å². The van der Waals surface area contributed by atoms with E-state index in [1.165, 1.54) is 12.1 Å². The molecule has 160 valence electrons. The Labute approximate surface area is 172 Å². The van der Waals surface area contributed by atoms with E-state index in [1.54, 1.807) is 18.5 Å². The standard InChI is InChI=1S/C19H31N7O2S/c1-4-18-25-24-14-26(18)12-11-22-19(21-10-9-15(2)3)23-13-16-5-7-17(8-6-16)29(20,27)28/h5-8,14-15H,4,9-13H2,1-3H3,(H2,20,27,28)(H2,21,22,23). The molecule has 0 aliphatic carbocycles. The lowest BCUT2D eigenvalue weighted by molar-refractivity contribution is 0.569. The zero-order valence-electron chi connectivity index (χ0n) is 17.3. The third-order valence-corrected chi connectivity index (χ3v) is 5.27. The van der Waals surface area contributed by atoms with E-state index < -0.39 is 10.0 Å². The second-order valence-electron chi connectivity index (χ2n) is 7.18. The fraction of sp³-hybridized carbons (Fsp3) is 0.526. The molecule has 4 N–H and O–H groups in total. The van der Waals surface area contributed by atoms with Gasteiger partial charge in [-0.2, -0.15) is 0 Å². The van der Waals surface area contributed by atoms with Crippen molar-refractivity contribution in [2.45, 2.75) is 51.6 Å². The van der Waals surface area contributed by atoms with Gasteiger partial charge in [-0.3, -0.25) is 0 Å². The maximum atomic E-state index is 11.4. The van der Waals surface area contributed by atoms with Gasteiger partial charge in [0.2, 0.25) is 10.0 Å². The maximum Gasteiger partial charge on any atom is 0.238 e. The van der Waals surface area contributed by atoms with E-state index in [-0.39, 0.29) is 4.90 Å². The van der Waals surface area contributed by atoms with Crippen LogP contribution in [-0.4, -0.2) is 42.2 Å². The second kappa shape index (κ2) is 10.9. The molecule has 1 heterocycles. The summed E-state index contributed by atoms with van der Waals surface area (Å²) in [5.41, 5.74) is 0.898. The number of benzene rings is 1. The lowest BCUT2D eigenvalue weighted by atomic mass is 10.1. The van der Waals surface area contributed by atoms with Crippen molar-refractivity contribution >= 4 is 16.0 Å². The van der Waals surface area contributed by atoms with Crippen LogP contribution in [0.2, 0.25) is 0 Å². The van der Waals surface area contributed by atoms with Crippen molar-refractivity contribution in [1.82, 2.24) is 25.4 Å². The molecule has 2 aromatic rings. The Hall–Kier alpha value is -2.46. The van der Waals surface area contributed by atoms with Crippen LogP contribution in [0.4, 0.5) is 0 Å². The number of aryl methyl sites for hydroxylation is 1. The van der Waals surface area contributed by atoms with Gasteiger partial charge in [-0.25, -0.2) is 18.5 Å². The van der Waals surface area contributed by atoms with Gasteiger partial charge in [0.25, 0.3) is 0 Å². The third-order valence-electron chi connectivity index (χ3n) is 4.34. The van der Waals surface area contributed by atoms with Gasteiger partial charge in [0.05, 0.1) is 11.4 Å². The average Bonchev–Trinajstić information content (AvgIpc) is 3.12. The van der Waals surface area contributed by atoms with Crippen LogP contribution in [0.25, 0.3) is 0 Å². The predicted molar refractivity (Wildman–Crippen MR) is 114 cm³/mol. The number of guanidine groups is 1. The fourth-order valence-corrected chi connectivity index (χ4v) is 3.16. The molecule has 9 nitrogen and oxygen atoms in total. The number of nitrogens with zero attached hydrogens (tertiary/aromatic N) is 4. The molecular weight excluding hydrogens is 390 g/mol. The highest BCUT2D eigenvalue weighted by atomic mass is 32.2. The Kier molecular flexibility index (Phi) is 8.59. The molecule has 0 aliphatic rings. The smallest absolute Gasteiger partial charge is 0.238 e. The molecule has 0 radical (unpaired) electrons. The number of aromatic nitrogens is 3. The van der Waals surface area contributed by atoms with Gasteiger partial charge in [0.15, 0.2) is 5.96 Å². The minimum Gasteiger partial charge on any atom is -0.356 e. The lowest BCUT2D eigenvalue weighted by Crippen LogP contribution is -2.39. The van der Waals surface area contributed by atoms with Crippen molar-refractivity contribution in [2.24, 2.45) is 16.0 Å². The number of nitrogens with two attached hydrogens (primary N) is 1. The quantitative estimate of drug-likeness (QED) is 0.392. The van der Waals surface area contributed by atoms with E-state index in [2.05, 4.69) is 46.6 Å². The first-order chi connectivity index (χ1) is 13.8. The number of hydrogen-bond acceptors (Lipinski definition) is 5. The molecule has 0 bridgehead atoms. The minimum absolute atomic E-state index is 0.0966. The highest BCUT2D eigenvalue weighted by Gasteiger charge is 2.07. The molecular formula is C19H31N7O2S. The molecule has 1 aromatic carbocycles. The summed E-state index contributed by atoms with van der Waals surface area (Å²) in [6.07, 6.45) is 3.61. The molecule has 0 unspecified atom stereocenters. The molecule has 0 atom stereocenters. The van der Waals surface area contributed by atoms with Crippen molar-refractivity contribution < 1.29 is 8.42 Å². The van der Waals surface area contributed by atoms with E-state index in [4.69, 9.17) is 5.14 Å². The molecule has 0 saturated carbocycles. The number of sulfonamides is 1. The SMILES string of the molecule is CCc1nncn1CCNC(=NCc1ccc(S(N)(=O)=O)cc1)NCCC(C)C. The maximum absolute atomic E-state index is 11.4. The first-order valence-electron chi connectivity index (χ1n) is 9.80. The summed E-state index contributed by atoms with van der Waals surface area (Å²) in [6.45, 7) is 9.08. The molecule has 0 fully saturated rings. The minimum atomic E-state index is -3.68. The molecule has 1 aromatic heterocycles. The van der Waals surface area contributed by atoms with Gasteiger partial charge in [-0.05, 0) is 30.0 Å².